The second-order valence-corrected chi connectivity index (χ2v) is 5.63. The van der Waals surface area contributed by atoms with Crippen molar-refractivity contribution in [3.63, 3.8) is 0 Å². The highest BCUT2D eigenvalue weighted by Gasteiger charge is 2.25. The third kappa shape index (κ3) is 2.07. The standard InChI is InChI=1S/C14H18ClN3/c1-18-13-8-3-2-7-12(13)17-14(18)16-9-10-5-4-6-11(10)15/h2-3,7-8,10-11H,4-6,9H2,1H3,(H,16,17). The number of para-hydroxylation sites is 2. The van der Waals surface area contributed by atoms with Crippen LogP contribution in [0.2, 0.25) is 0 Å². The Hall–Kier alpha value is -1.22. The third-order valence-electron chi connectivity index (χ3n) is 3.88. The molecule has 0 aliphatic heterocycles. The van der Waals surface area contributed by atoms with E-state index < -0.39 is 0 Å². The number of nitrogens with one attached hydrogen (secondary N) is 1. The summed E-state index contributed by atoms with van der Waals surface area (Å²) < 4.78 is 2.10. The third-order valence-corrected chi connectivity index (χ3v) is 4.45. The number of hydrogen-bond donors (Lipinski definition) is 1. The largest absolute Gasteiger partial charge is 0.355 e. The molecule has 2 aromatic rings. The number of halogens is 1. The first-order chi connectivity index (χ1) is 8.75. The van der Waals surface area contributed by atoms with Gasteiger partial charge in [0.25, 0.3) is 0 Å². The quantitative estimate of drug-likeness (QED) is 0.861. The summed E-state index contributed by atoms with van der Waals surface area (Å²) in [5.74, 6) is 1.51. The van der Waals surface area contributed by atoms with Gasteiger partial charge in [0.15, 0.2) is 0 Å². The second-order valence-electron chi connectivity index (χ2n) is 5.07. The minimum Gasteiger partial charge on any atom is -0.355 e. The fourth-order valence-electron chi connectivity index (χ4n) is 2.75. The van der Waals surface area contributed by atoms with Gasteiger partial charge in [-0.3, -0.25) is 0 Å². The molecule has 0 amide bonds. The minimum absolute atomic E-state index is 0.326. The molecule has 4 heteroatoms. The molecule has 1 saturated carbocycles. The van der Waals surface area contributed by atoms with Crippen LogP contribution in [-0.4, -0.2) is 21.5 Å². The lowest BCUT2D eigenvalue weighted by Gasteiger charge is -2.14. The normalized spacial score (nSPS) is 23.7. The van der Waals surface area contributed by atoms with Gasteiger partial charge >= 0.3 is 0 Å². The van der Waals surface area contributed by atoms with Crippen LogP contribution in [0, 0.1) is 5.92 Å². The molecule has 1 fully saturated rings. The Bertz CT molecular complexity index is 549. The number of aromatic nitrogens is 2. The highest BCUT2D eigenvalue weighted by Crippen LogP contribution is 2.30. The van der Waals surface area contributed by atoms with Crippen LogP contribution < -0.4 is 5.32 Å². The Kier molecular flexibility index (Phi) is 3.16. The summed E-state index contributed by atoms with van der Waals surface area (Å²) in [6, 6.07) is 8.19. The fraction of sp³-hybridized carbons (Fsp3) is 0.500. The van der Waals surface area contributed by atoms with Crippen LogP contribution >= 0.6 is 11.6 Å². The van der Waals surface area contributed by atoms with Crippen LogP contribution in [0.3, 0.4) is 0 Å². The molecule has 3 rings (SSSR count). The zero-order chi connectivity index (χ0) is 12.5. The van der Waals surface area contributed by atoms with Crippen LogP contribution in [0.15, 0.2) is 24.3 Å². The van der Waals surface area contributed by atoms with Gasteiger partial charge < -0.3 is 9.88 Å². The van der Waals surface area contributed by atoms with Crippen molar-refractivity contribution in [1.82, 2.24) is 9.55 Å². The molecular weight excluding hydrogens is 246 g/mol. The van der Waals surface area contributed by atoms with E-state index in [1.165, 1.54) is 12.8 Å². The number of imidazole rings is 1. The van der Waals surface area contributed by atoms with Crippen LogP contribution in [0.4, 0.5) is 5.95 Å². The van der Waals surface area contributed by atoms with E-state index >= 15 is 0 Å². The monoisotopic (exact) mass is 263 g/mol. The highest BCUT2D eigenvalue weighted by atomic mass is 35.5. The molecule has 18 heavy (non-hydrogen) atoms. The van der Waals surface area contributed by atoms with Crippen molar-refractivity contribution in [2.75, 3.05) is 11.9 Å². The van der Waals surface area contributed by atoms with E-state index in [2.05, 4.69) is 20.9 Å². The van der Waals surface area contributed by atoms with Gasteiger partial charge in [-0.1, -0.05) is 18.6 Å². The molecule has 96 valence electrons. The molecule has 0 bridgehead atoms. The van der Waals surface area contributed by atoms with Crippen molar-refractivity contribution in [3.8, 4) is 0 Å². The Morgan fingerprint density at radius 1 is 1.39 bits per heavy atom. The lowest BCUT2D eigenvalue weighted by atomic mass is 10.1. The summed E-state index contributed by atoms with van der Waals surface area (Å²) in [7, 11) is 2.05. The minimum atomic E-state index is 0.326. The fourth-order valence-corrected chi connectivity index (χ4v) is 3.12. The first kappa shape index (κ1) is 11.8. The Morgan fingerprint density at radius 3 is 2.94 bits per heavy atom. The topological polar surface area (TPSA) is 29.9 Å². The first-order valence-corrected chi connectivity index (χ1v) is 6.99. The lowest BCUT2D eigenvalue weighted by Crippen LogP contribution is -2.19. The zero-order valence-electron chi connectivity index (χ0n) is 10.6. The van der Waals surface area contributed by atoms with Gasteiger partial charge in [-0.25, -0.2) is 4.98 Å². The van der Waals surface area contributed by atoms with Crippen LogP contribution in [-0.2, 0) is 7.05 Å². The molecule has 2 atom stereocenters. The molecule has 1 aromatic heterocycles. The second kappa shape index (κ2) is 4.81. The van der Waals surface area contributed by atoms with Gasteiger partial charge in [0.1, 0.15) is 0 Å². The van der Waals surface area contributed by atoms with Gasteiger partial charge in [0.2, 0.25) is 5.95 Å². The van der Waals surface area contributed by atoms with Gasteiger partial charge in [0.05, 0.1) is 11.0 Å². The van der Waals surface area contributed by atoms with Gasteiger partial charge in [-0.2, -0.15) is 0 Å². The summed E-state index contributed by atoms with van der Waals surface area (Å²) in [5, 5.41) is 3.77. The number of rotatable bonds is 3. The number of fused-ring (bicyclic) bond motifs is 1. The molecule has 3 nitrogen and oxygen atoms in total. The van der Waals surface area contributed by atoms with Crippen molar-refractivity contribution >= 4 is 28.6 Å². The average molecular weight is 264 g/mol. The van der Waals surface area contributed by atoms with Gasteiger partial charge in [0, 0.05) is 19.0 Å². The predicted molar refractivity (Wildman–Crippen MR) is 76.2 cm³/mol. The Labute approximate surface area is 112 Å². The molecule has 0 spiro atoms. The molecule has 2 unspecified atom stereocenters. The maximum atomic E-state index is 6.30. The molecule has 1 heterocycles. The van der Waals surface area contributed by atoms with Crippen molar-refractivity contribution in [2.24, 2.45) is 13.0 Å². The molecule has 1 N–H and O–H groups in total. The number of aryl methyl sites for hydroxylation is 1. The van der Waals surface area contributed by atoms with Crippen molar-refractivity contribution in [1.29, 1.82) is 0 Å². The number of hydrogen-bond acceptors (Lipinski definition) is 2. The molecule has 1 aliphatic carbocycles. The van der Waals surface area contributed by atoms with E-state index in [1.54, 1.807) is 0 Å². The SMILES string of the molecule is Cn1c(NCC2CCCC2Cl)nc2ccccc21. The highest BCUT2D eigenvalue weighted by molar-refractivity contribution is 6.21. The number of alkyl halides is 1. The van der Waals surface area contributed by atoms with Crippen molar-refractivity contribution in [2.45, 2.75) is 24.6 Å². The van der Waals surface area contributed by atoms with Crippen molar-refractivity contribution in [3.05, 3.63) is 24.3 Å². The zero-order valence-corrected chi connectivity index (χ0v) is 11.3. The summed E-state index contributed by atoms with van der Waals surface area (Å²) >= 11 is 6.30. The molecule has 1 aliphatic rings. The maximum absolute atomic E-state index is 6.30. The van der Waals surface area contributed by atoms with E-state index in [0.29, 0.717) is 11.3 Å². The number of nitrogens with zero attached hydrogens (tertiary/aromatic N) is 2. The van der Waals surface area contributed by atoms with Crippen LogP contribution in [0.25, 0.3) is 11.0 Å². The Morgan fingerprint density at radius 2 is 2.22 bits per heavy atom. The summed E-state index contributed by atoms with van der Waals surface area (Å²) in [5.41, 5.74) is 2.20. The van der Waals surface area contributed by atoms with E-state index in [-0.39, 0.29) is 0 Å². The van der Waals surface area contributed by atoms with E-state index in [1.807, 2.05) is 25.2 Å². The van der Waals surface area contributed by atoms with Crippen LogP contribution in [0.5, 0.6) is 0 Å². The van der Waals surface area contributed by atoms with Crippen LogP contribution in [0.1, 0.15) is 19.3 Å². The maximum Gasteiger partial charge on any atom is 0.203 e. The Balaban J connectivity index is 1.76. The molecule has 0 radical (unpaired) electrons. The van der Waals surface area contributed by atoms with E-state index in [4.69, 9.17) is 11.6 Å². The predicted octanol–water partition coefficient (Wildman–Crippen LogP) is 3.39. The molecular formula is C14H18ClN3. The van der Waals surface area contributed by atoms with Crippen molar-refractivity contribution < 1.29 is 0 Å². The number of benzene rings is 1. The van der Waals surface area contributed by atoms with Gasteiger partial charge in [-0.15, -0.1) is 11.6 Å². The lowest BCUT2D eigenvalue weighted by molar-refractivity contribution is 0.583. The van der Waals surface area contributed by atoms with E-state index in [0.717, 1.165) is 29.9 Å². The summed E-state index contributed by atoms with van der Waals surface area (Å²) in [6.07, 6.45) is 3.63. The summed E-state index contributed by atoms with van der Waals surface area (Å²) in [4.78, 5) is 4.61. The van der Waals surface area contributed by atoms with Gasteiger partial charge in [-0.05, 0) is 30.9 Å². The molecule has 0 saturated heterocycles. The van der Waals surface area contributed by atoms with E-state index in [9.17, 15) is 0 Å². The summed E-state index contributed by atoms with van der Waals surface area (Å²) in [6.45, 7) is 0.922. The smallest absolute Gasteiger partial charge is 0.203 e. The average Bonchev–Trinajstić information content (AvgIpc) is 2.92. The number of anilines is 1. The first-order valence-electron chi connectivity index (χ1n) is 6.55. The molecule has 1 aromatic carbocycles.